The standard InChI is InChI=1S/C7H12O/c1-3-4-5-6-7(2)8/h1H,3-6H2,2H3. The highest BCUT2D eigenvalue weighted by Gasteiger charge is 1.89. The van der Waals surface area contributed by atoms with Gasteiger partial charge < -0.3 is 4.79 Å². The van der Waals surface area contributed by atoms with E-state index in [9.17, 15) is 4.79 Å². The van der Waals surface area contributed by atoms with Crippen molar-refractivity contribution < 1.29 is 4.79 Å². The summed E-state index contributed by atoms with van der Waals surface area (Å²) in [5.74, 6) is 0.262. The zero-order chi connectivity index (χ0) is 6.41. The number of ketones is 1. The van der Waals surface area contributed by atoms with Crippen LogP contribution in [0.4, 0.5) is 0 Å². The van der Waals surface area contributed by atoms with E-state index in [1.807, 2.05) is 0 Å². The van der Waals surface area contributed by atoms with Crippen LogP contribution in [0.15, 0.2) is 0 Å². The van der Waals surface area contributed by atoms with Gasteiger partial charge in [-0.1, -0.05) is 6.42 Å². The van der Waals surface area contributed by atoms with E-state index < -0.39 is 0 Å². The van der Waals surface area contributed by atoms with Crippen molar-refractivity contribution in [2.24, 2.45) is 0 Å². The van der Waals surface area contributed by atoms with Crippen molar-refractivity contribution in [1.82, 2.24) is 0 Å². The Hall–Kier alpha value is -0.330. The van der Waals surface area contributed by atoms with E-state index in [0.29, 0.717) is 12.8 Å². The Bertz CT molecular complexity index is 66.8. The molecule has 0 aromatic carbocycles. The summed E-state index contributed by atoms with van der Waals surface area (Å²) in [4.78, 5) is 10.3. The number of hydrogen-bond acceptors (Lipinski definition) is 1. The van der Waals surface area contributed by atoms with Gasteiger partial charge in [-0.05, 0) is 26.7 Å². The van der Waals surface area contributed by atoms with E-state index in [2.05, 4.69) is 0 Å². The molecule has 0 N–H and O–H groups in total. The molecule has 1 nitrogen and oxygen atoms in total. The molecular formula is C7H12O. The van der Waals surface area contributed by atoms with E-state index in [0.717, 1.165) is 12.8 Å². The summed E-state index contributed by atoms with van der Waals surface area (Å²) < 4.78 is 0. The maximum absolute atomic E-state index is 10.3. The monoisotopic (exact) mass is 112 g/mol. The quantitative estimate of drug-likeness (QED) is 0.507. The molecule has 0 spiro atoms. The van der Waals surface area contributed by atoms with Crippen LogP contribution >= 0.6 is 0 Å². The summed E-state index contributed by atoms with van der Waals surface area (Å²) in [7, 11) is 0. The van der Waals surface area contributed by atoms with Gasteiger partial charge in [0.05, 0.1) is 0 Å². The molecule has 1 heteroatoms. The molecule has 0 bridgehead atoms. The van der Waals surface area contributed by atoms with Crippen molar-refractivity contribution >= 4 is 5.78 Å². The number of unbranched alkanes of at least 4 members (excludes halogenated alkanes) is 2. The minimum atomic E-state index is 0.262. The first-order valence-corrected chi connectivity index (χ1v) is 2.97. The average molecular weight is 112 g/mol. The van der Waals surface area contributed by atoms with Gasteiger partial charge in [0, 0.05) is 6.42 Å². The van der Waals surface area contributed by atoms with Crippen LogP contribution in [0.25, 0.3) is 0 Å². The highest BCUT2D eigenvalue weighted by molar-refractivity contribution is 5.75. The molecule has 2 radical (unpaired) electrons. The van der Waals surface area contributed by atoms with Crippen molar-refractivity contribution in [2.75, 3.05) is 0 Å². The van der Waals surface area contributed by atoms with Crippen LogP contribution in [0.3, 0.4) is 0 Å². The smallest absolute Gasteiger partial charge is 0.129 e. The lowest BCUT2D eigenvalue weighted by Crippen LogP contribution is -1.87. The van der Waals surface area contributed by atoms with Crippen LogP contribution in [0.5, 0.6) is 0 Å². The van der Waals surface area contributed by atoms with Crippen LogP contribution in [0, 0.1) is 6.92 Å². The predicted molar refractivity (Wildman–Crippen MR) is 33.4 cm³/mol. The molecule has 0 saturated carbocycles. The summed E-state index contributed by atoms with van der Waals surface area (Å²) in [6.07, 6.45) is 3.32. The van der Waals surface area contributed by atoms with E-state index in [4.69, 9.17) is 6.92 Å². The summed E-state index contributed by atoms with van der Waals surface area (Å²) in [6.45, 7) is 6.81. The summed E-state index contributed by atoms with van der Waals surface area (Å²) in [5, 5.41) is 0. The molecule has 46 valence electrons. The van der Waals surface area contributed by atoms with Gasteiger partial charge >= 0.3 is 0 Å². The van der Waals surface area contributed by atoms with Gasteiger partial charge in [0.25, 0.3) is 0 Å². The molecule has 0 unspecified atom stereocenters. The van der Waals surface area contributed by atoms with Gasteiger partial charge in [0.2, 0.25) is 0 Å². The first-order chi connectivity index (χ1) is 3.77. The SMILES string of the molecule is [CH]CCCCC(C)=O. The maximum Gasteiger partial charge on any atom is 0.129 e. The van der Waals surface area contributed by atoms with Crippen LogP contribution in [0.1, 0.15) is 32.6 Å². The lowest BCUT2D eigenvalue weighted by atomic mass is 10.2. The molecule has 0 amide bonds. The first kappa shape index (κ1) is 7.67. The molecule has 0 saturated heterocycles. The maximum atomic E-state index is 10.3. The Labute approximate surface area is 51.1 Å². The normalized spacial score (nSPS) is 9.25. The Morgan fingerprint density at radius 3 is 2.50 bits per heavy atom. The molecule has 0 aromatic heterocycles. The van der Waals surface area contributed by atoms with Crippen LogP contribution in [0.2, 0.25) is 0 Å². The fourth-order valence-corrected chi connectivity index (χ4v) is 0.518. The number of rotatable bonds is 4. The second-order valence-corrected chi connectivity index (χ2v) is 1.95. The third-order valence-electron chi connectivity index (χ3n) is 0.983. The Morgan fingerprint density at radius 2 is 2.12 bits per heavy atom. The van der Waals surface area contributed by atoms with Gasteiger partial charge in [-0.15, -0.1) is 0 Å². The molecule has 0 aliphatic heterocycles. The second kappa shape index (κ2) is 4.82. The molecule has 0 heterocycles. The van der Waals surface area contributed by atoms with Gasteiger partial charge in [-0.2, -0.15) is 0 Å². The average Bonchev–Trinajstić information content (AvgIpc) is 1.66. The Balaban J connectivity index is 2.82. The minimum Gasteiger partial charge on any atom is -0.300 e. The second-order valence-electron chi connectivity index (χ2n) is 1.95. The third-order valence-corrected chi connectivity index (χ3v) is 0.983. The molecule has 8 heavy (non-hydrogen) atoms. The number of hydrogen-bond donors (Lipinski definition) is 0. The lowest BCUT2D eigenvalue weighted by Gasteiger charge is -1.90. The van der Waals surface area contributed by atoms with Crippen LogP contribution in [-0.2, 0) is 4.79 Å². The highest BCUT2D eigenvalue weighted by atomic mass is 16.1. The van der Waals surface area contributed by atoms with Crippen LogP contribution in [-0.4, -0.2) is 5.78 Å². The van der Waals surface area contributed by atoms with Gasteiger partial charge in [0.1, 0.15) is 5.78 Å². The van der Waals surface area contributed by atoms with Crippen molar-refractivity contribution in [3.05, 3.63) is 6.92 Å². The number of Topliss-reactive ketones (excluding diaryl/α,β-unsaturated/α-hetero) is 1. The van der Waals surface area contributed by atoms with E-state index >= 15 is 0 Å². The highest BCUT2D eigenvalue weighted by Crippen LogP contribution is 1.97. The predicted octanol–water partition coefficient (Wildman–Crippen LogP) is 1.85. The molecular weight excluding hydrogens is 100 g/mol. The largest absolute Gasteiger partial charge is 0.300 e. The summed E-state index contributed by atoms with van der Waals surface area (Å²) >= 11 is 0. The van der Waals surface area contributed by atoms with Gasteiger partial charge in [-0.3, -0.25) is 0 Å². The van der Waals surface area contributed by atoms with Crippen molar-refractivity contribution in [3.63, 3.8) is 0 Å². The first-order valence-electron chi connectivity index (χ1n) is 2.97. The van der Waals surface area contributed by atoms with Crippen molar-refractivity contribution in [3.8, 4) is 0 Å². The molecule has 0 fully saturated rings. The fourth-order valence-electron chi connectivity index (χ4n) is 0.518. The fraction of sp³-hybridized carbons (Fsp3) is 0.714. The lowest BCUT2D eigenvalue weighted by molar-refractivity contribution is -0.117. The Kier molecular flexibility index (Phi) is 4.62. The molecule has 0 atom stereocenters. The molecule has 0 aliphatic carbocycles. The van der Waals surface area contributed by atoms with Crippen molar-refractivity contribution in [1.29, 1.82) is 0 Å². The molecule has 0 rings (SSSR count). The topological polar surface area (TPSA) is 17.1 Å². The number of carbonyl (C=O) groups excluding carboxylic acids is 1. The molecule has 0 aliphatic rings. The van der Waals surface area contributed by atoms with Crippen LogP contribution < -0.4 is 0 Å². The van der Waals surface area contributed by atoms with Gasteiger partial charge in [-0.25, -0.2) is 0 Å². The minimum absolute atomic E-state index is 0.262. The van der Waals surface area contributed by atoms with Gasteiger partial charge in [0.15, 0.2) is 0 Å². The van der Waals surface area contributed by atoms with E-state index in [-0.39, 0.29) is 5.78 Å². The van der Waals surface area contributed by atoms with E-state index in [1.54, 1.807) is 6.92 Å². The van der Waals surface area contributed by atoms with Crippen molar-refractivity contribution in [2.45, 2.75) is 32.6 Å². The van der Waals surface area contributed by atoms with E-state index in [1.165, 1.54) is 0 Å². The summed E-state index contributed by atoms with van der Waals surface area (Å²) in [5.41, 5.74) is 0. The molecule has 0 aromatic rings. The Morgan fingerprint density at radius 1 is 1.50 bits per heavy atom. The number of carbonyl (C=O) groups is 1. The third kappa shape index (κ3) is 5.67. The summed E-state index contributed by atoms with van der Waals surface area (Å²) in [6, 6.07) is 0. The zero-order valence-corrected chi connectivity index (χ0v) is 5.31. The zero-order valence-electron chi connectivity index (χ0n) is 5.31.